The lowest BCUT2D eigenvalue weighted by atomic mass is 10.1. The second-order valence-corrected chi connectivity index (χ2v) is 6.64. The van der Waals surface area contributed by atoms with Crippen LogP contribution < -0.4 is 10.1 Å². The fourth-order valence-electron chi connectivity index (χ4n) is 3.62. The first-order valence-electron chi connectivity index (χ1n) is 9.84. The Morgan fingerprint density at radius 1 is 1.14 bits per heavy atom. The average Bonchev–Trinajstić information content (AvgIpc) is 3.07. The number of nitrogens with one attached hydrogen (secondary N) is 1. The highest BCUT2D eigenvalue weighted by Crippen LogP contribution is 2.35. The molecule has 0 spiro atoms. The van der Waals surface area contributed by atoms with Crippen LogP contribution in [0, 0.1) is 11.3 Å². The van der Waals surface area contributed by atoms with Gasteiger partial charge in [-0.05, 0) is 50.6 Å². The van der Waals surface area contributed by atoms with E-state index in [1.54, 1.807) is 12.0 Å². The predicted octanol–water partition coefficient (Wildman–Crippen LogP) is 5.08. The molecule has 3 rings (SSSR count). The summed E-state index contributed by atoms with van der Waals surface area (Å²) in [6.07, 6.45) is 0. The highest BCUT2D eigenvalue weighted by Gasteiger charge is 2.18. The highest BCUT2D eigenvalue weighted by molar-refractivity contribution is 5.96. The number of rotatable bonds is 6. The maximum Gasteiger partial charge on any atom is 0.321 e. The van der Waals surface area contributed by atoms with Crippen LogP contribution in [0.15, 0.2) is 42.5 Å². The van der Waals surface area contributed by atoms with Crippen molar-refractivity contribution in [3.8, 4) is 23.1 Å². The van der Waals surface area contributed by atoms with Gasteiger partial charge in [0.2, 0.25) is 0 Å². The second kappa shape index (κ2) is 8.70. The van der Waals surface area contributed by atoms with E-state index in [1.807, 2.05) is 56.3 Å². The third-order valence-corrected chi connectivity index (χ3v) is 5.16. The molecule has 6 nitrogen and oxygen atoms in total. The lowest BCUT2D eigenvalue weighted by molar-refractivity contribution is 0.217. The number of hydrogen-bond acceptors (Lipinski definition) is 3. The maximum atomic E-state index is 12.3. The van der Waals surface area contributed by atoms with Gasteiger partial charge in [0.15, 0.2) is 0 Å². The van der Waals surface area contributed by atoms with Crippen LogP contribution in [0.2, 0.25) is 0 Å². The summed E-state index contributed by atoms with van der Waals surface area (Å²) in [4.78, 5) is 14.0. The van der Waals surface area contributed by atoms with Crippen LogP contribution in [-0.4, -0.2) is 35.7 Å². The largest absolute Gasteiger partial charge is 0.497 e. The molecule has 1 aromatic heterocycles. The fraction of sp³-hybridized carbons (Fsp3) is 0.304. The van der Waals surface area contributed by atoms with Crippen molar-refractivity contribution in [1.82, 2.24) is 9.47 Å². The summed E-state index contributed by atoms with van der Waals surface area (Å²) < 4.78 is 7.49. The van der Waals surface area contributed by atoms with Crippen molar-refractivity contribution < 1.29 is 9.53 Å². The van der Waals surface area contributed by atoms with E-state index in [-0.39, 0.29) is 6.03 Å². The molecular weight excluding hydrogens is 364 g/mol. The Bertz CT molecular complexity index is 1060. The van der Waals surface area contributed by atoms with Gasteiger partial charge in [-0.1, -0.05) is 12.1 Å². The van der Waals surface area contributed by atoms with Crippen LogP contribution >= 0.6 is 0 Å². The molecule has 0 aliphatic carbocycles. The van der Waals surface area contributed by atoms with E-state index in [9.17, 15) is 10.1 Å². The first-order valence-corrected chi connectivity index (χ1v) is 9.84. The molecule has 0 fully saturated rings. The van der Waals surface area contributed by atoms with E-state index in [4.69, 9.17) is 4.74 Å². The number of nitrogens with zero attached hydrogens (tertiary/aromatic N) is 3. The van der Waals surface area contributed by atoms with Crippen LogP contribution in [0.3, 0.4) is 0 Å². The Labute approximate surface area is 171 Å². The van der Waals surface area contributed by atoms with Crippen LogP contribution in [-0.2, 0) is 6.54 Å². The van der Waals surface area contributed by atoms with Gasteiger partial charge in [-0.3, -0.25) is 0 Å². The summed E-state index contributed by atoms with van der Waals surface area (Å²) >= 11 is 0. The van der Waals surface area contributed by atoms with Crippen molar-refractivity contribution >= 4 is 22.6 Å². The topological polar surface area (TPSA) is 70.3 Å². The van der Waals surface area contributed by atoms with E-state index >= 15 is 0 Å². The van der Waals surface area contributed by atoms with Crippen LogP contribution in [0.4, 0.5) is 10.5 Å². The number of methoxy groups -OCH3 is 1. The van der Waals surface area contributed by atoms with Gasteiger partial charge in [-0.2, -0.15) is 5.26 Å². The number of anilines is 1. The Morgan fingerprint density at radius 3 is 2.38 bits per heavy atom. The number of ether oxygens (including phenoxy) is 1. The van der Waals surface area contributed by atoms with Gasteiger partial charge in [-0.15, -0.1) is 0 Å². The van der Waals surface area contributed by atoms with Crippen molar-refractivity contribution in [2.24, 2.45) is 0 Å². The minimum atomic E-state index is -0.116. The third kappa shape index (κ3) is 3.77. The van der Waals surface area contributed by atoms with Crippen LogP contribution in [0.5, 0.6) is 5.75 Å². The molecule has 2 amide bonds. The predicted molar refractivity (Wildman–Crippen MR) is 116 cm³/mol. The van der Waals surface area contributed by atoms with Gasteiger partial charge in [0.1, 0.15) is 11.8 Å². The number of hydrogen-bond donors (Lipinski definition) is 1. The lowest BCUT2D eigenvalue weighted by Crippen LogP contribution is -2.34. The second-order valence-electron chi connectivity index (χ2n) is 6.64. The van der Waals surface area contributed by atoms with Gasteiger partial charge in [-0.25, -0.2) is 4.79 Å². The summed E-state index contributed by atoms with van der Waals surface area (Å²) in [5, 5.41) is 13.7. The molecule has 0 bridgehead atoms. The number of aromatic nitrogens is 1. The smallest absolute Gasteiger partial charge is 0.321 e. The molecule has 0 aliphatic rings. The Kier molecular flexibility index (Phi) is 6.08. The van der Waals surface area contributed by atoms with E-state index in [2.05, 4.69) is 22.9 Å². The number of aryl methyl sites for hydroxylation is 1. The van der Waals surface area contributed by atoms with Crippen molar-refractivity contribution in [2.75, 3.05) is 25.5 Å². The molecule has 0 saturated heterocycles. The average molecular weight is 390 g/mol. The van der Waals surface area contributed by atoms with Crippen LogP contribution in [0.25, 0.3) is 22.2 Å². The van der Waals surface area contributed by atoms with Gasteiger partial charge in [0.25, 0.3) is 0 Å². The molecule has 0 saturated carbocycles. The first-order chi connectivity index (χ1) is 14.1. The molecule has 2 aromatic carbocycles. The SMILES string of the molecule is CCN(CC)C(=O)Nc1ccc(-c2c(C#N)c3ccc(OC)cc3n2CC)cc1. The minimum Gasteiger partial charge on any atom is -0.497 e. The minimum absolute atomic E-state index is 0.116. The molecule has 1 N–H and O–H groups in total. The zero-order valence-corrected chi connectivity index (χ0v) is 17.3. The maximum absolute atomic E-state index is 12.3. The summed E-state index contributed by atoms with van der Waals surface area (Å²) in [5.74, 6) is 0.759. The van der Waals surface area contributed by atoms with Crippen molar-refractivity contribution in [3.05, 3.63) is 48.0 Å². The van der Waals surface area contributed by atoms with E-state index in [1.165, 1.54) is 0 Å². The number of benzene rings is 2. The number of nitriles is 1. The van der Waals surface area contributed by atoms with Gasteiger partial charge in [0.05, 0.1) is 23.9 Å². The monoisotopic (exact) mass is 390 g/mol. The fourth-order valence-corrected chi connectivity index (χ4v) is 3.62. The number of amides is 2. The van der Waals surface area contributed by atoms with Crippen molar-refractivity contribution in [1.29, 1.82) is 5.26 Å². The molecule has 1 heterocycles. The van der Waals surface area contributed by atoms with Crippen molar-refractivity contribution in [3.63, 3.8) is 0 Å². The quantitative estimate of drug-likeness (QED) is 0.638. The van der Waals surface area contributed by atoms with E-state index in [0.29, 0.717) is 18.7 Å². The standard InChI is InChI=1S/C23H26N4O2/c1-5-26(6-2)23(28)25-17-10-8-16(9-11-17)22-20(15-24)19-13-12-18(29-4)14-21(19)27(22)7-3/h8-14H,5-7H2,1-4H3,(H,25,28). The van der Waals surface area contributed by atoms with Gasteiger partial charge in [0, 0.05) is 36.8 Å². The number of carbonyl (C=O) groups excluding carboxylic acids is 1. The molecular formula is C23H26N4O2. The highest BCUT2D eigenvalue weighted by atomic mass is 16.5. The number of urea groups is 1. The number of carbonyl (C=O) groups is 1. The number of fused-ring (bicyclic) bond motifs is 1. The van der Waals surface area contributed by atoms with E-state index < -0.39 is 0 Å². The molecule has 3 aromatic rings. The zero-order valence-electron chi connectivity index (χ0n) is 17.3. The van der Waals surface area contributed by atoms with Crippen molar-refractivity contribution in [2.45, 2.75) is 27.3 Å². The molecule has 150 valence electrons. The van der Waals surface area contributed by atoms with E-state index in [0.717, 1.165) is 40.1 Å². The first kappa shape index (κ1) is 20.3. The summed E-state index contributed by atoms with van der Waals surface area (Å²) in [6.45, 7) is 8.00. The third-order valence-electron chi connectivity index (χ3n) is 5.16. The normalized spacial score (nSPS) is 10.6. The van der Waals surface area contributed by atoms with Crippen LogP contribution in [0.1, 0.15) is 26.3 Å². The molecule has 6 heteroatoms. The molecule has 0 radical (unpaired) electrons. The summed E-state index contributed by atoms with van der Waals surface area (Å²) in [6, 6.07) is 15.6. The Morgan fingerprint density at radius 2 is 1.83 bits per heavy atom. The summed E-state index contributed by atoms with van der Waals surface area (Å²) in [5.41, 5.74) is 4.14. The molecule has 0 unspecified atom stereocenters. The summed E-state index contributed by atoms with van der Waals surface area (Å²) in [7, 11) is 1.64. The zero-order chi connectivity index (χ0) is 21.0. The molecule has 0 aliphatic heterocycles. The van der Waals surface area contributed by atoms with Gasteiger partial charge < -0.3 is 19.5 Å². The lowest BCUT2D eigenvalue weighted by Gasteiger charge is -2.19. The molecule has 29 heavy (non-hydrogen) atoms. The Hall–Kier alpha value is -3.46. The van der Waals surface area contributed by atoms with Gasteiger partial charge >= 0.3 is 6.03 Å². The Balaban J connectivity index is 2.02. The molecule has 0 atom stereocenters.